The number of carbonyl (C=O) groups is 3. The largest absolute Gasteiger partial charge is 0.462 e. The molecule has 0 aliphatic carbocycles. The van der Waals surface area contributed by atoms with Crippen LogP contribution in [-0.4, -0.2) is 37.2 Å². The Balaban J connectivity index is 4.23. The SMILES string of the molecule is CC/C=C\C/C=C\C/C=C\C/C=C\C/C=C\C/C=C\CCC(=O)OC(COC(=O)CCCCCCCCCCCC)COC(=O)CCCCCCCCCCCCCCCCCC/C=C\C/C=C\C/C=C\CCCCCCC. The molecule has 0 radical (unpaired) electrons. The minimum Gasteiger partial charge on any atom is -0.462 e. The van der Waals surface area contributed by atoms with Crippen molar-refractivity contribution in [3.05, 3.63) is 109 Å². The zero-order valence-corrected chi connectivity index (χ0v) is 51.2. The Kier molecular flexibility index (Phi) is 62.3. The van der Waals surface area contributed by atoms with Gasteiger partial charge in [0.05, 0.1) is 0 Å². The summed E-state index contributed by atoms with van der Waals surface area (Å²) in [7, 11) is 0. The molecule has 0 fully saturated rings. The van der Waals surface area contributed by atoms with Crippen LogP contribution in [0.5, 0.6) is 0 Å². The van der Waals surface area contributed by atoms with Crippen LogP contribution in [0.2, 0.25) is 0 Å². The van der Waals surface area contributed by atoms with E-state index in [1.807, 2.05) is 6.08 Å². The minimum atomic E-state index is -0.818. The van der Waals surface area contributed by atoms with Crippen LogP contribution in [0.15, 0.2) is 109 Å². The first-order valence-corrected chi connectivity index (χ1v) is 32.9. The van der Waals surface area contributed by atoms with Crippen molar-refractivity contribution in [3.63, 3.8) is 0 Å². The van der Waals surface area contributed by atoms with Crippen LogP contribution in [-0.2, 0) is 28.6 Å². The van der Waals surface area contributed by atoms with E-state index in [9.17, 15) is 14.4 Å². The Morgan fingerprint density at radius 2 is 0.526 bits per heavy atom. The molecule has 1 unspecified atom stereocenters. The van der Waals surface area contributed by atoms with E-state index in [0.29, 0.717) is 19.3 Å². The number of rotatable bonds is 59. The highest BCUT2D eigenvalue weighted by molar-refractivity contribution is 5.71. The lowest BCUT2D eigenvalue weighted by Gasteiger charge is -2.18. The van der Waals surface area contributed by atoms with E-state index in [1.165, 1.54) is 173 Å². The molecule has 0 aromatic rings. The van der Waals surface area contributed by atoms with Gasteiger partial charge in [-0.05, 0) is 96.3 Å². The van der Waals surface area contributed by atoms with Crippen LogP contribution in [0, 0.1) is 0 Å². The van der Waals surface area contributed by atoms with Crippen LogP contribution in [0.1, 0.15) is 310 Å². The first-order chi connectivity index (χ1) is 38.5. The third-order valence-corrected chi connectivity index (χ3v) is 14.0. The maximum absolute atomic E-state index is 12.8. The summed E-state index contributed by atoms with van der Waals surface area (Å²) in [6.45, 7) is 6.46. The Hall–Kier alpha value is -3.93. The van der Waals surface area contributed by atoms with Crippen LogP contribution < -0.4 is 0 Å². The molecule has 0 aliphatic heterocycles. The van der Waals surface area contributed by atoms with Crippen LogP contribution in [0.4, 0.5) is 0 Å². The second kappa shape index (κ2) is 65.6. The van der Waals surface area contributed by atoms with Gasteiger partial charge in [0.2, 0.25) is 0 Å². The lowest BCUT2D eigenvalue weighted by atomic mass is 10.0. The molecular weight excluding hydrogens is 961 g/mol. The molecule has 0 spiro atoms. The van der Waals surface area contributed by atoms with Gasteiger partial charge in [0.25, 0.3) is 0 Å². The molecule has 0 saturated heterocycles. The molecule has 0 saturated carbocycles. The summed E-state index contributed by atoms with van der Waals surface area (Å²) in [4.78, 5) is 38.2. The van der Waals surface area contributed by atoms with E-state index in [-0.39, 0.29) is 31.6 Å². The Labute approximate surface area is 482 Å². The zero-order valence-electron chi connectivity index (χ0n) is 51.2. The quantitative estimate of drug-likeness (QED) is 0.0261. The molecular formula is C72H122O6. The molecule has 0 N–H and O–H groups in total. The number of hydrogen-bond donors (Lipinski definition) is 0. The fraction of sp³-hybridized carbons (Fsp3) is 0.708. The smallest absolute Gasteiger partial charge is 0.306 e. The molecule has 0 heterocycles. The van der Waals surface area contributed by atoms with E-state index >= 15 is 0 Å². The molecule has 78 heavy (non-hydrogen) atoms. The molecule has 0 aromatic carbocycles. The molecule has 0 aromatic heterocycles. The monoisotopic (exact) mass is 1080 g/mol. The molecule has 6 heteroatoms. The van der Waals surface area contributed by atoms with Gasteiger partial charge in [-0.15, -0.1) is 0 Å². The summed E-state index contributed by atoms with van der Waals surface area (Å²) in [5.41, 5.74) is 0. The maximum Gasteiger partial charge on any atom is 0.306 e. The predicted octanol–water partition coefficient (Wildman–Crippen LogP) is 22.6. The Morgan fingerprint density at radius 1 is 0.269 bits per heavy atom. The number of carbonyl (C=O) groups excluding carboxylic acids is 3. The van der Waals surface area contributed by atoms with E-state index in [4.69, 9.17) is 14.2 Å². The van der Waals surface area contributed by atoms with Crippen molar-refractivity contribution in [2.75, 3.05) is 13.2 Å². The predicted molar refractivity (Wildman–Crippen MR) is 339 cm³/mol. The average molecular weight is 1080 g/mol. The van der Waals surface area contributed by atoms with Crippen molar-refractivity contribution < 1.29 is 28.6 Å². The van der Waals surface area contributed by atoms with Crippen LogP contribution in [0.25, 0.3) is 0 Å². The summed E-state index contributed by atoms with van der Waals surface area (Å²) in [5.74, 6) is -0.985. The third-order valence-electron chi connectivity index (χ3n) is 14.0. The van der Waals surface area contributed by atoms with Crippen molar-refractivity contribution in [2.45, 2.75) is 316 Å². The molecule has 1 atom stereocenters. The fourth-order valence-corrected chi connectivity index (χ4v) is 9.12. The molecule has 0 rings (SSSR count). The number of allylic oxidation sites excluding steroid dienone is 18. The van der Waals surface area contributed by atoms with Gasteiger partial charge in [0.1, 0.15) is 13.2 Å². The van der Waals surface area contributed by atoms with Crippen LogP contribution in [0.3, 0.4) is 0 Å². The van der Waals surface area contributed by atoms with E-state index in [2.05, 4.69) is 124 Å². The highest BCUT2D eigenvalue weighted by Gasteiger charge is 2.19. The highest BCUT2D eigenvalue weighted by atomic mass is 16.6. The molecule has 446 valence electrons. The van der Waals surface area contributed by atoms with Gasteiger partial charge in [0, 0.05) is 19.3 Å². The summed E-state index contributed by atoms with van der Waals surface area (Å²) >= 11 is 0. The number of hydrogen-bond acceptors (Lipinski definition) is 6. The Bertz CT molecular complexity index is 1570. The van der Waals surface area contributed by atoms with Gasteiger partial charge in [-0.3, -0.25) is 14.4 Å². The van der Waals surface area contributed by atoms with Crippen molar-refractivity contribution >= 4 is 17.9 Å². The zero-order chi connectivity index (χ0) is 56.4. The normalized spacial score (nSPS) is 12.8. The average Bonchev–Trinajstić information content (AvgIpc) is 3.44. The molecule has 6 nitrogen and oxygen atoms in total. The standard InChI is InChI=1S/C72H122O6/c1-4-7-10-13-16-19-22-24-26-28-30-31-32-33-34-35-36-37-38-39-40-41-43-44-46-48-50-53-56-59-62-65-71(74)77-68-69(67-76-70(73)64-61-58-55-52-21-18-15-12-9-6-3)78-72(75)66-63-60-57-54-51-49-47-45-42-29-27-25-23-20-17-14-11-8-5-2/h8,11,17,20,22,24-25,27-28,30,32-33,42,45,49,51,57,60,69H,4-7,9-10,12-16,18-19,21,23,26,29,31,34-41,43-44,46-48,50,52-56,58-59,61-68H2,1-3H3/b11-8-,20-17-,24-22-,27-25-,30-28-,33-32-,45-42-,51-49-,60-57-. The summed E-state index contributed by atoms with van der Waals surface area (Å²) < 4.78 is 16.8. The first-order valence-electron chi connectivity index (χ1n) is 32.9. The van der Waals surface area contributed by atoms with Gasteiger partial charge < -0.3 is 14.2 Å². The molecule has 0 aliphatic rings. The van der Waals surface area contributed by atoms with Gasteiger partial charge in [0.15, 0.2) is 6.10 Å². The van der Waals surface area contributed by atoms with Gasteiger partial charge in [-0.1, -0.05) is 304 Å². The van der Waals surface area contributed by atoms with E-state index in [1.54, 1.807) is 0 Å². The van der Waals surface area contributed by atoms with Crippen molar-refractivity contribution in [1.82, 2.24) is 0 Å². The lowest BCUT2D eigenvalue weighted by Crippen LogP contribution is -2.30. The molecule has 0 amide bonds. The maximum atomic E-state index is 12.8. The number of unbranched alkanes of at least 4 members (excludes halogenated alkanes) is 30. The van der Waals surface area contributed by atoms with Crippen LogP contribution >= 0.6 is 0 Å². The topological polar surface area (TPSA) is 78.9 Å². The second-order valence-corrected chi connectivity index (χ2v) is 21.6. The highest BCUT2D eigenvalue weighted by Crippen LogP contribution is 2.16. The lowest BCUT2D eigenvalue weighted by molar-refractivity contribution is -0.166. The summed E-state index contributed by atoms with van der Waals surface area (Å²) in [6, 6.07) is 0. The van der Waals surface area contributed by atoms with E-state index in [0.717, 1.165) is 89.9 Å². The molecule has 0 bridgehead atoms. The number of ether oxygens (including phenoxy) is 3. The van der Waals surface area contributed by atoms with Gasteiger partial charge in [-0.2, -0.15) is 0 Å². The summed E-state index contributed by atoms with van der Waals surface area (Å²) in [5, 5.41) is 0. The van der Waals surface area contributed by atoms with Crippen molar-refractivity contribution in [2.24, 2.45) is 0 Å². The minimum absolute atomic E-state index is 0.106. The third kappa shape index (κ3) is 62.9. The van der Waals surface area contributed by atoms with Gasteiger partial charge >= 0.3 is 17.9 Å². The van der Waals surface area contributed by atoms with E-state index < -0.39 is 12.1 Å². The number of esters is 3. The van der Waals surface area contributed by atoms with Crippen molar-refractivity contribution in [1.29, 1.82) is 0 Å². The first kappa shape index (κ1) is 74.1. The van der Waals surface area contributed by atoms with Gasteiger partial charge in [-0.25, -0.2) is 0 Å². The summed E-state index contributed by atoms with van der Waals surface area (Å²) in [6.07, 6.45) is 89.9. The Morgan fingerprint density at radius 3 is 0.833 bits per heavy atom. The fourth-order valence-electron chi connectivity index (χ4n) is 9.12. The van der Waals surface area contributed by atoms with Crippen molar-refractivity contribution in [3.8, 4) is 0 Å². The second-order valence-electron chi connectivity index (χ2n) is 21.6.